The van der Waals surface area contributed by atoms with Gasteiger partial charge in [-0.05, 0) is 31.4 Å². The molecule has 1 aliphatic heterocycles. The normalized spacial score (nSPS) is 15.2. The Morgan fingerprint density at radius 1 is 1.40 bits per heavy atom. The van der Waals surface area contributed by atoms with Crippen LogP contribution in [0.3, 0.4) is 0 Å². The lowest BCUT2D eigenvalue weighted by atomic mass is 10.1. The Bertz CT molecular complexity index is 447. The first-order chi connectivity index (χ1) is 9.76. The highest BCUT2D eigenvalue weighted by atomic mass is 32.2. The lowest BCUT2D eigenvalue weighted by Gasteiger charge is -2.29. The lowest BCUT2D eigenvalue weighted by Crippen LogP contribution is -2.30. The standard InChI is InChI=1S/C15H23N3OS/c1-3-9-20-14-11-16-15(10-13(14)17(2)12-19)18-7-5-4-6-8-18/h10-12H,3-9H2,1-2H3. The van der Waals surface area contributed by atoms with Crippen LogP contribution in [0.25, 0.3) is 0 Å². The van der Waals surface area contributed by atoms with Gasteiger partial charge in [-0.3, -0.25) is 4.79 Å². The van der Waals surface area contributed by atoms with Gasteiger partial charge >= 0.3 is 0 Å². The van der Waals surface area contributed by atoms with Gasteiger partial charge in [-0.1, -0.05) is 6.92 Å². The molecule has 1 fully saturated rings. The third kappa shape index (κ3) is 3.66. The SMILES string of the molecule is CCCSc1cnc(N2CCCCC2)cc1N(C)C=O. The largest absolute Gasteiger partial charge is 0.357 e. The van der Waals surface area contributed by atoms with E-state index in [4.69, 9.17) is 0 Å². The van der Waals surface area contributed by atoms with Gasteiger partial charge in [0.2, 0.25) is 6.41 Å². The number of hydrogen-bond donors (Lipinski definition) is 0. The van der Waals surface area contributed by atoms with Crippen molar-refractivity contribution in [1.29, 1.82) is 0 Å². The number of piperidine rings is 1. The number of rotatable bonds is 6. The number of amides is 1. The second kappa shape index (κ2) is 7.53. The Hall–Kier alpha value is -1.23. The van der Waals surface area contributed by atoms with Crippen LogP contribution >= 0.6 is 11.8 Å². The minimum atomic E-state index is 0.866. The Kier molecular flexibility index (Phi) is 5.71. The number of pyridine rings is 1. The molecule has 0 spiro atoms. The highest BCUT2D eigenvalue weighted by Crippen LogP contribution is 2.32. The van der Waals surface area contributed by atoms with Gasteiger partial charge in [-0.15, -0.1) is 11.8 Å². The first-order valence-electron chi connectivity index (χ1n) is 7.32. The molecule has 0 N–H and O–H groups in total. The number of hydrogen-bond acceptors (Lipinski definition) is 4. The van der Waals surface area contributed by atoms with Crippen LogP contribution in [0.5, 0.6) is 0 Å². The molecule has 1 aliphatic rings. The zero-order valence-corrected chi connectivity index (χ0v) is 13.2. The summed E-state index contributed by atoms with van der Waals surface area (Å²) in [4.78, 5) is 20.7. The van der Waals surface area contributed by atoms with E-state index in [9.17, 15) is 4.79 Å². The van der Waals surface area contributed by atoms with Crippen LogP contribution in [0.2, 0.25) is 0 Å². The van der Waals surface area contributed by atoms with Crippen LogP contribution in [0.15, 0.2) is 17.2 Å². The van der Waals surface area contributed by atoms with E-state index in [1.54, 1.807) is 23.7 Å². The van der Waals surface area contributed by atoms with Crippen molar-refractivity contribution in [3.63, 3.8) is 0 Å². The summed E-state index contributed by atoms with van der Waals surface area (Å²) in [5, 5.41) is 0. The molecule has 0 bridgehead atoms. The van der Waals surface area contributed by atoms with Crippen molar-refractivity contribution < 1.29 is 4.79 Å². The number of aromatic nitrogens is 1. The fraction of sp³-hybridized carbons (Fsp3) is 0.600. The van der Waals surface area contributed by atoms with Gasteiger partial charge in [0, 0.05) is 37.3 Å². The van der Waals surface area contributed by atoms with Crippen LogP contribution in [0.4, 0.5) is 11.5 Å². The Balaban J connectivity index is 2.24. The summed E-state index contributed by atoms with van der Waals surface area (Å²) in [7, 11) is 1.80. The molecule has 4 nitrogen and oxygen atoms in total. The van der Waals surface area contributed by atoms with Crippen molar-refractivity contribution in [2.45, 2.75) is 37.5 Å². The molecule has 1 aromatic rings. The molecule has 0 radical (unpaired) electrons. The maximum absolute atomic E-state index is 11.1. The third-order valence-electron chi connectivity index (χ3n) is 3.51. The van der Waals surface area contributed by atoms with Crippen molar-refractivity contribution >= 4 is 29.7 Å². The van der Waals surface area contributed by atoms with Crippen molar-refractivity contribution in [3.05, 3.63) is 12.3 Å². The smallest absolute Gasteiger partial charge is 0.213 e. The maximum atomic E-state index is 11.1. The molecule has 1 saturated heterocycles. The van der Waals surface area contributed by atoms with Crippen molar-refractivity contribution in [1.82, 2.24) is 4.98 Å². The summed E-state index contributed by atoms with van der Waals surface area (Å²) in [5.74, 6) is 2.04. The van der Waals surface area contributed by atoms with E-state index in [1.165, 1.54) is 19.3 Å². The number of carbonyl (C=O) groups is 1. The molecule has 110 valence electrons. The number of carbonyl (C=O) groups excluding carboxylic acids is 1. The molecule has 5 heteroatoms. The quantitative estimate of drug-likeness (QED) is 0.596. The zero-order chi connectivity index (χ0) is 14.4. The summed E-state index contributed by atoms with van der Waals surface area (Å²) in [6.07, 6.45) is 7.66. The van der Waals surface area contributed by atoms with Crippen molar-refractivity contribution in [2.75, 3.05) is 35.7 Å². The molecule has 0 unspecified atom stereocenters. The fourth-order valence-corrected chi connectivity index (χ4v) is 3.28. The predicted molar refractivity (Wildman–Crippen MR) is 85.8 cm³/mol. The van der Waals surface area contributed by atoms with Gasteiger partial charge in [0.1, 0.15) is 5.82 Å². The molecular formula is C15H23N3OS. The number of anilines is 2. The molecule has 0 aliphatic carbocycles. The number of nitrogens with zero attached hydrogens (tertiary/aromatic N) is 3. The highest BCUT2D eigenvalue weighted by Gasteiger charge is 2.15. The van der Waals surface area contributed by atoms with Crippen molar-refractivity contribution in [2.24, 2.45) is 0 Å². The van der Waals surface area contributed by atoms with E-state index in [2.05, 4.69) is 22.9 Å². The first-order valence-corrected chi connectivity index (χ1v) is 8.30. The summed E-state index contributed by atoms with van der Waals surface area (Å²) in [6.45, 7) is 4.29. The summed E-state index contributed by atoms with van der Waals surface area (Å²) in [6, 6.07) is 2.05. The lowest BCUT2D eigenvalue weighted by molar-refractivity contribution is -0.107. The van der Waals surface area contributed by atoms with Gasteiger partial charge in [0.15, 0.2) is 0 Å². The van der Waals surface area contributed by atoms with E-state index >= 15 is 0 Å². The molecular weight excluding hydrogens is 270 g/mol. The molecule has 2 rings (SSSR count). The molecule has 1 amide bonds. The van der Waals surface area contributed by atoms with Gasteiger partial charge in [-0.25, -0.2) is 4.98 Å². The van der Waals surface area contributed by atoms with Crippen LogP contribution in [0, 0.1) is 0 Å². The van der Waals surface area contributed by atoms with Gasteiger partial charge in [-0.2, -0.15) is 0 Å². The number of thioether (sulfide) groups is 1. The summed E-state index contributed by atoms with van der Waals surface area (Å²) < 4.78 is 0. The van der Waals surface area contributed by atoms with Crippen LogP contribution in [-0.2, 0) is 4.79 Å². The molecule has 1 aromatic heterocycles. The third-order valence-corrected chi connectivity index (χ3v) is 4.75. The molecule has 0 saturated carbocycles. The summed E-state index contributed by atoms with van der Waals surface area (Å²) >= 11 is 1.76. The van der Waals surface area contributed by atoms with Crippen LogP contribution in [0.1, 0.15) is 32.6 Å². The monoisotopic (exact) mass is 293 g/mol. The second-order valence-electron chi connectivity index (χ2n) is 5.12. The van der Waals surface area contributed by atoms with Crippen LogP contribution < -0.4 is 9.80 Å². The zero-order valence-electron chi connectivity index (χ0n) is 12.3. The van der Waals surface area contributed by atoms with E-state index in [0.29, 0.717) is 0 Å². The maximum Gasteiger partial charge on any atom is 0.213 e. The predicted octanol–water partition coefficient (Wildman–Crippen LogP) is 3.17. The molecule has 2 heterocycles. The van der Waals surface area contributed by atoms with E-state index < -0.39 is 0 Å². The van der Waals surface area contributed by atoms with Crippen molar-refractivity contribution in [3.8, 4) is 0 Å². The van der Waals surface area contributed by atoms with Crippen LogP contribution in [-0.4, -0.2) is 37.3 Å². The Morgan fingerprint density at radius 3 is 2.80 bits per heavy atom. The topological polar surface area (TPSA) is 36.4 Å². The van der Waals surface area contributed by atoms with Gasteiger partial charge < -0.3 is 9.80 Å². The highest BCUT2D eigenvalue weighted by molar-refractivity contribution is 7.99. The molecule has 0 aromatic carbocycles. The average Bonchev–Trinajstić information content (AvgIpc) is 2.53. The van der Waals surface area contributed by atoms with E-state index in [1.807, 2.05) is 6.20 Å². The fourth-order valence-electron chi connectivity index (χ4n) is 2.37. The van der Waals surface area contributed by atoms with E-state index in [-0.39, 0.29) is 0 Å². The summed E-state index contributed by atoms with van der Waals surface area (Å²) in [5.41, 5.74) is 0.967. The molecule has 0 atom stereocenters. The minimum absolute atomic E-state index is 0.866. The average molecular weight is 293 g/mol. The minimum Gasteiger partial charge on any atom is -0.357 e. The van der Waals surface area contributed by atoms with Gasteiger partial charge in [0.05, 0.1) is 5.69 Å². The molecule has 20 heavy (non-hydrogen) atoms. The Labute approximate surface area is 125 Å². The first kappa shape index (κ1) is 15.2. The Morgan fingerprint density at radius 2 is 2.15 bits per heavy atom. The second-order valence-corrected chi connectivity index (χ2v) is 6.26. The van der Waals surface area contributed by atoms with E-state index in [0.717, 1.165) is 48.1 Å². The van der Waals surface area contributed by atoms with Gasteiger partial charge in [0.25, 0.3) is 0 Å².